The van der Waals surface area contributed by atoms with Gasteiger partial charge < -0.3 is 15.3 Å². The average molecular weight is 508 g/mol. The first-order chi connectivity index (χ1) is 17.4. The molecule has 4 aromatic heterocycles. The van der Waals surface area contributed by atoms with Crippen LogP contribution in [0.1, 0.15) is 23.9 Å². The zero-order valence-corrected chi connectivity index (χ0v) is 19.1. The van der Waals surface area contributed by atoms with Gasteiger partial charge in [0.05, 0.1) is 23.0 Å². The number of rotatable bonds is 4. The van der Waals surface area contributed by atoms with Gasteiger partial charge in [-0.2, -0.15) is 18.4 Å². The van der Waals surface area contributed by atoms with E-state index >= 15 is 0 Å². The molecule has 6 rings (SSSR count). The number of tetrazole rings is 1. The van der Waals surface area contributed by atoms with Crippen LogP contribution in [0.3, 0.4) is 0 Å². The van der Waals surface area contributed by atoms with E-state index in [1.165, 1.54) is 33.8 Å². The first-order valence-electron chi connectivity index (χ1n) is 10.9. The van der Waals surface area contributed by atoms with Crippen molar-refractivity contribution in [2.45, 2.75) is 18.9 Å². The lowest BCUT2D eigenvalue weighted by molar-refractivity contribution is 0.515. The van der Waals surface area contributed by atoms with Crippen molar-refractivity contribution in [3.8, 4) is 28.2 Å². The number of aromatic amines is 1. The smallest absolute Gasteiger partial charge is 0.251 e. The van der Waals surface area contributed by atoms with Crippen LogP contribution in [0.15, 0.2) is 53.6 Å². The van der Waals surface area contributed by atoms with Gasteiger partial charge in [0, 0.05) is 22.3 Å². The van der Waals surface area contributed by atoms with Crippen LogP contribution in [0.5, 0.6) is 0 Å². The van der Waals surface area contributed by atoms with Gasteiger partial charge in [-0.05, 0) is 65.2 Å². The molecule has 0 saturated carbocycles. The monoisotopic (exact) mass is 507 g/mol. The zero-order chi connectivity index (χ0) is 25.0. The number of nitrogens with zero attached hydrogens (tertiary/aromatic N) is 7. The van der Waals surface area contributed by atoms with Crippen LogP contribution in [0.25, 0.3) is 28.2 Å². The number of hydrogen-bond donors (Lipinski definition) is 2. The van der Waals surface area contributed by atoms with Gasteiger partial charge in [-0.1, -0.05) is 11.6 Å². The SMILES string of the molecule is Nc1ccc(-c2nc(F)c([C@@H]3CCc4cc(-c5cc(Cl)ccc5-n5cnnn5)cc(=O)n43)[nH]2)c(F)n1. The largest absolute Gasteiger partial charge is 0.384 e. The van der Waals surface area contributed by atoms with Crippen molar-refractivity contribution in [3.05, 3.63) is 87.5 Å². The first kappa shape index (κ1) is 22.0. The summed E-state index contributed by atoms with van der Waals surface area (Å²) in [6.45, 7) is 0. The fourth-order valence-corrected chi connectivity index (χ4v) is 4.75. The highest BCUT2D eigenvalue weighted by atomic mass is 35.5. The van der Waals surface area contributed by atoms with Gasteiger partial charge in [0.1, 0.15) is 18.0 Å². The molecule has 180 valence electrons. The minimum absolute atomic E-state index is 0.00137. The highest BCUT2D eigenvalue weighted by molar-refractivity contribution is 6.31. The molecule has 0 unspecified atom stereocenters. The quantitative estimate of drug-likeness (QED) is 0.356. The van der Waals surface area contributed by atoms with Crippen LogP contribution >= 0.6 is 11.6 Å². The molecule has 0 saturated heterocycles. The second-order valence-corrected chi connectivity index (χ2v) is 8.71. The molecule has 36 heavy (non-hydrogen) atoms. The molecule has 5 aromatic rings. The molecule has 3 N–H and O–H groups in total. The normalized spacial score (nSPS) is 14.8. The summed E-state index contributed by atoms with van der Waals surface area (Å²) >= 11 is 6.24. The van der Waals surface area contributed by atoms with Crippen LogP contribution < -0.4 is 11.3 Å². The number of imidazole rings is 1. The number of hydrogen-bond acceptors (Lipinski definition) is 7. The van der Waals surface area contributed by atoms with E-state index < -0.39 is 17.9 Å². The molecule has 10 nitrogen and oxygen atoms in total. The summed E-state index contributed by atoms with van der Waals surface area (Å²) in [5.74, 6) is -1.72. The standard InChI is InChI=1S/C23H16ClF2N9O/c24-12-1-4-16(34-10-28-32-33-34)15(9-12)11-7-13-2-5-17(35(13)19(36)8-11)20-22(26)31-23(30-20)14-3-6-18(27)29-21(14)25/h1,3-4,6-10,17H,2,5H2,(H2,27,29)(H,30,31)/t17-/m0/s1. The predicted molar refractivity (Wildman–Crippen MR) is 126 cm³/mol. The lowest BCUT2D eigenvalue weighted by atomic mass is 10.0. The van der Waals surface area contributed by atoms with Crippen molar-refractivity contribution in [3.63, 3.8) is 0 Å². The van der Waals surface area contributed by atoms with Crippen molar-refractivity contribution in [2.75, 3.05) is 5.73 Å². The molecule has 13 heteroatoms. The topological polar surface area (TPSA) is 133 Å². The molecule has 1 aliphatic rings. The lowest BCUT2D eigenvalue weighted by Crippen LogP contribution is -2.24. The average Bonchev–Trinajstić information content (AvgIpc) is 3.59. The van der Waals surface area contributed by atoms with Crippen LogP contribution in [0, 0.1) is 11.9 Å². The van der Waals surface area contributed by atoms with Gasteiger partial charge in [-0.25, -0.2) is 4.98 Å². The van der Waals surface area contributed by atoms with Gasteiger partial charge >= 0.3 is 0 Å². The Bertz CT molecular complexity index is 1680. The van der Waals surface area contributed by atoms with E-state index in [4.69, 9.17) is 17.3 Å². The number of nitrogens with one attached hydrogen (secondary N) is 1. The summed E-state index contributed by atoms with van der Waals surface area (Å²) in [4.78, 5) is 23.5. The molecule has 0 radical (unpaired) electrons. The summed E-state index contributed by atoms with van der Waals surface area (Å²) in [5.41, 5.74) is 7.88. The molecular formula is C23H16ClF2N9O. The van der Waals surface area contributed by atoms with Gasteiger partial charge in [0.2, 0.25) is 11.9 Å². The minimum Gasteiger partial charge on any atom is -0.384 e. The maximum absolute atomic E-state index is 14.9. The summed E-state index contributed by atoms with van der Waals surface area (Å²) in [6, 6.07) is 10.6. The van der Waals surface area contributed by atoms with E-state index in [0.29, 0.717) is 40.4 Å². The minimum atomic E-state index is -0.871. The third-order valence-corrected chi connectivity index (χ3v) is 6.38. The number of halogens is 3. The van der Waals surface area contributed by atoms with Crippen molar-refractivity contribution < 1.29 is 8.78 Å². The van der Waals surface area contributed by atoms with E-state index in [0.717, 1.165) is 0 Å². The molecule has 0 aliphatic carbocycles. The molecule has 1 atom stereocenters. The maximum Gasteiger partial charge on any atom is 0.251 e. The van der Waals surface area contributed by atoms with Crippen molar-refractivity contribution >= 4 is 17.4 Å². The highest BCUT2D eigenvalue weighted by Gasteiger charge is 2.30. The predicted octanol–water partition coefficient (Wildman–Crippen LogP) is 3.33. The number of pyridine rings is 2. The van der Waals surface area contributed by atoms with Crippen molar-refractivity contribution in [2.24, 2.45) is 0 Å². The molecule has 0 fully saturated rings. The second-order valence-electron chi connectivity index (χ2n) is 8.28. The number of nitrogen functional groups attached to an aromatic ring is 1. The zero-order valence-electron chi connectivity index (χ0n) is 18.4. The van der Waals surface area contributed by atoms with Crippen LogP contribution in [-0.4, -0.2) is 39.7 Å². The number of aryl methyl sites for hydroxylation is 1. The number of anilines is 1. The molecule has 1 aliphatic heterocycles. The number of nitrogens with two attached hydrogens (primary N) is 1. The number of fused-ring (bicyclic) bond motifs is 1. The Morgan fingerprint density at radius 1 is 1.06 bits per heavy atom. The van der Waals surface area contributed by atoms with Gasteiger partial charge in [0.15, 0.2) is 0 Å². The fourth-order valence-electron chi connectivity index (χ4n) is 4.57. The van der Waals surface area contributed by atoms with Crippen molar-refractivity contribution in [1.29, 1.82) is 0 Å². The highest BCUT2D eigenvalue weighted by Crippen LogP contribution is 2.35. The van der Waals surface area contributed by atoms with E-state index in [-0.39, 0.29) is 28.5 Å². The van der Waals surface area contributed by atoms with E-state index in [2.05, 4.69) is 30.5 Å². The fraction of sp³-hybridized carbons (Fsp3) is 0.130. The summed E-state index contributed by atoms with van der Waals surface area (Å²) in [6.07, 6.45) is 2.41. The van der Waals surface area contributed by atoms with Crippen LogP contribution in [0.4, 0.5) is 14.6 Å². The maximum atomic E-state index is 14.9. The van der Waals surface area contributed by atoms with E-state index in [9.17, 15) is 13.6 Å². The Morgan fingerprint density at radius 2 is 1.92 bits per heavy atom. The molecule has 0 amide bonds. The van der Waals surface area contributed by atoms with Gasteiger partial charge in [0.25, 0.3) is 5.56 Å². The Hall–Kier alpha value is -4.45. The third-order valence-electron chi connectivity index (χ3n) is 6.14. The third kappa shape index (κ3) is 3.62. The summed E-state index contributed by atoms with van der Waals surface area (Å²) in [5, 5.41) is 11.8. The Labute approximate surface area is 206 Å². The molecule has 1 aromatic carbocycles. The molecule has 0 spiro atoms. The first-order valence-corrected chi connectivity index (χ1v) is 11.2. The Balaban J connectivity index is 1.42. The summed E-state index contributed by atoms with van der Waals surface area (Å²) < 4.78 is 32.2. The number of benzene rings is 1. The number of H-pyrrole nitrogens is 1. The van der Waals surface area contributed by atoms with E-state index in [1.54, 1.807) is 18.2 Å². The van der Waals surface area contributed by atoms with Gasteiger partial charge in [-0.15, -0.1) is 5.10 Å². The Kier molecular flexibility index (Phi) is 5.11. The summed E-state index contributed by atoms with van der Waals surface area (Å²) in [7, 11) is 0. The Morgan fingerprint density at radius 3 is 2.69 bits per heavy atom. The van der Waals surface area contributed by atoms with E-state index in [1.807, 2.05) is 6.07 Å². The van der Waals surface area contributed by atoms with Gasteiger partial charge in [-0.3, -0.25) is 4.79 Å². The second kappa shape index (κ2) is 8.34. The molecule has 5 heterocycles. The molecular weight excluding hydrogens is 492 g/mol. The lowest BCUT2D eigenvalue weighted by Gasteiger charge is -2.15. The number of aromatic nitrogens is 8. The van der Waals surface area contributed by atoms with Crippen molar-refractivity contribution in [1.82, 2.24) is 39.7 Å². The molecule has 0 bridgehead atoms. The van der Waals surface area contributed by atoms with Crippen LogP contribution in [-0.2, 0) is 6.42 Å². The van der Waals surface area contributed by atoms with Crippen LogP contribution in [0.2, 0.25) is 5.02 Å².